The van der Waals surface area contributed by atoms with Gasteiger partial charge in [0.2, 0.25) is 0 Å². The smallest absolute Gasteiger partial charge is 0.275 e. The Balaban J connectivity index is 1.62. The summed E-state index contributed by atoms with van der Waals surface area (Å²) in [4.78, 5) is 12.7. The number of hydrogen-bond donors (Lipinski definition) is 2. The van der Waals surface area contributed by atoms with Gasteiger partial charge in [-0.2, -0.15) is 5.10 Å². The Bertz CT molecular complexity index is 1010. The summed E-state index contributed by atoms with van der Waals surface area (Å²) in [7, 11) is 0. The predicted octanol–water partition coefficient (Wildman–Crippen LogP) is 5.26. The van der Waals surface area contributed by atoms with E-state index in [-0.39, 0.29) is 11.3 Å². The number of carbonyl (C=O) groups excluding carboxylic acids is 1. The summed E-state index contributed by atoms with van der Waals surface area (Å²) in [6, 6.07) is 21.0. The van der Waals surface area contributed by atoms with Gasteiger partial charge in [0, 0.05) is 5.92 Å². The second-order valence-corrected chi connectivity index (χ2v) is 7.36. The van der Waals surface area contributed by atoms with Crippen molar-refractivity contribution in [1.29, 1.82) is 0 Å². The predicted molar refractivity (Wildman–Crippen MR) is 113 cm³/mol. The molecule has 3 aromatic carbocycles. The Labute approximate surface area is 164 Å². The van der Waals surface area contributed by atoms with E-state index in [4.69, 9.17) is 0 Å². The van der Waals surface area contributed by atoms with Gasteiger partial charge in [0.25, 0.3) is 5.91 Å². The van der Waals surface area contributed by atoms with Crippen molar-refractivity contribution >= 4 is 22.4 Å². The minimum Gasteiger partial charge on any atom is -0.507 e. The van der Waals surface area contributed by atoms with Crippen LogP contribution in [0.25, 0.3) is 10.8 Å². The number of rotatable bonds is 4. The van der Waals surface area contributed by atoms with Crippen LogP contribution in [0.1, 0.15) is 48.0 Å². The number of phenols is 1. The van der Waals surface area contributed by atoms with E-state index in [1.165, 1.54) is 19.3 Å². The first-order chi connectivity index (χ1) is 13.7. The number of nitrogens with zero attached hydrogens (tertiary/aromatic N) is 1. The van der Waals surface area contributed by atoms with E-state index < -0.39 is 5.91 Å². The summed E-state index contributed by atoms with van der Waals surface area (Å²) >= 11 is 0. The Morgan fingerprint density at radius 3 is 2.25 bits per heavy atom. The van der Waals surface area contributed by atoms with Gasteiger partial charge in [0.1, 0.15) is 5.75 Å². The molecule has 1 saturated carbocycles. The van der Waals surface area contributed by atoms with Gasteiger partial charge >= 0.3 is 0 Å². The van der Waals surface area contributed by atoms with Crippen LogP contribution in [0.15, 0.2) is 71.8 Å². The largest absolute Gasteiger partial charge is 0.507 e. The zero-order valence-corrected chi connectivity index (χ0v) is 15.8. The number of carbonyl (C=O) groups is 1. The van der Waals surface area contributed by atoms with Gasteiger partial charge in [0.15, 0.2) is 0 Å². The Morgan fingerprint density at radius 1 is 0.893 bits per heavy atom. The maximum atomic E-state index is 12.7. The van der Waals surface area contributed by atoms with E-state index in [1.807, 2.05) is 54.6 Å². The fraction of sp³-hybridized carbons (Fsp3) is 0.250. The van der Waals surface area contributed by atoms with Crippen molar-refractivity contribution in [2.45, 2.75) is 32.1 Å². The number of phenolic OH excluding ortho intramolecular Hbond substituents is 1. The van der Waals surface area contributed by atoms with Gasteiger partial charge < -0.3 is 5.11 Å². The topological polar surface area (TPSA) is 61.7 Å². The molecule has 0 aromatic heterocycles. The van der Waals surface area contributed by atoms with Gasteiger partial charge in [-0.3, -0.25) is 4.79 Å². The first kappa shape index (κ1) is 18.2. The van der Waals surface area contributed by atoms with Crippen LogP contribution in [0.2, 0.25) is 0 Å². The number of benzene rings is 3. The van der Waals surface area contributed by atoms with E-state index in [9.17, 15) is 9.90 Å². The highest BCUT2D eigenvalue weighted by Crippen LogP contribution is 2.28. The van der Waals surface area contributed by atoms with Crippen LogP contribution in [0, 0.1) is 5.92 Å². The highest BCUT2D eigenvalue weighted by Gasteiger charge is 2.21. The molecule has 1 amide bonds. The second-order valence-electron chi connectivity index (χ2n) is 7.36. The molecular formula is C24H24N2O2. The lowest BCUT2D eigenvalue weighted by molar-refractivity contribution is 0.0952. The van der Waals surface area contributed by atoms with Gasteiger partial charge in [-0.25, -0.2) is 5.43 Å². The molecule has 4 rings (SSSR count). The zero-order chi connectivity index (χ0) is 19.3. The molecule has 0 heterocycles. The van der Waals surface area contributed by atoms with Crippen LogP contribution in [-0.4, -0.2) is 16.7 Å². The standard InChI is InChI=1S/C24H24N2O2/c27-22-16-20-14-8-7-13-19(20)15-21(22)24(28)26-25-23(17-9-3-1-4-10-17)18-11-5-2-6-12-18/h1,3-4,7-10,13-16,18,27H,2,5-6,11-12H2,(H,26,28)/b25-23+. The molecule has 0 radical (unpaired) electrons. The fourth-order valence-corrected chi connectivity index (χ4v) is 3.96. The number of hydrogen-bond acceptors (Lipinski definition) is 3. The summed E-state index contributed by atoms with van der Waals surface area (Å²) in [5, 5.41) is 16.6. The van der Waals surface area contributed by atoms with Crippen LogP contribution in [0.3, 0.4) is 0 Å². The quantitative estimate of drug-likeness (QED) is 0.485. The van der Waals surface area contributed by atoms with Crippen molar-refractivity contribution in [3.8, 4) is 5.75 Å². The highest BCUT2D eigenvalue weighted by atomic mass is 16.3. The molecule has 1 aliphatic rings. The van der Waals surface area contributed by atoms with Crippen LogP contribution < -0.4 is 5.43 Å². The number of amides is 1. The molecule has 0 atom stereocenters. The van der Waals surface area contributed by atoms with E-state index in [0.29, 0.717) is 5.92 Å². The Kier molecular flexibility index (Phi) is 5.38. The highest BCUT2D eigenvalue weighted by molar-refractivity contribution is 6.05. The average Bonchev–Trinajstić information content (AvgIpc) is 2.75. The van der Waals surface area contributed by atoms with E-state index in [0.717, 1.165) is 34.9 Å². The van der Waals surface area contributed by atoms with E-state index in [2.05, 4.69) is 10.5 Å². The first-order valence-corrected chi connectivity index (χ1v) is 9.87. The number of nitrogens with one attached hydrogen (secondary N) is 1. The van der Waals surface area contributed by atoms with Crippen molar-refractivity contribution in [3.05, 3.63) is 77.9 Å². The lowest BCUT2D eigenvalue weighted by Gasteiger charge is -2.23. The molecular weight excluding hydrogens is 348 g/mol. The molecule has 28 heavy (non-hydrogen) atoms. The van der Waals surface area contributed by atoms with E-state index >= 15 is 0 Å². The van der Waals surface area contributed by atoms with Crippen molar-refractivity contribution in [2.75, 3.05) is 0 Å². The first-order valence-electron chi connectivity index (χ1n) is 9.87. The lowest BCUT2D eigenvalue weighted by atomic mass is 9.83. The number of fused-ring (bicyclic) bond motifs is 1. The third kappa shape index (κ3) is 3.91. The van der Waals surface area contributed by atoms with Crippen LogP contribution in [-0.2, 0) is 0 Å². The second kappa shape index (κ2) is 8.26. The van der Waals surface area contributed by atoms with Crippen LogP contribution in [0.4, 0.5) is 0 Å². The molecule has 0 unspecified atom stereocenters. The summed E-state index contributed by atoms with van der Waals surface area (Å²) in [5.41, 5.74) is 4.89. The Hall–Kier alpha value is -3.14. The molecule has 1 aliphatic carbocycles. The molecule has 0 aliphatic heterocycles. The third-order valence-corrected chi connectivity index (χ3v) is 5.45. The molecule has 142 valence electrons. The molecule has 0 spiro atoms. The average molecular weight is 372 g/mol. The van der Waals surface area contributed by atoms with Crippen LogP contribution >= 0.6 is 0 Å². The van der Waals surface area contributed by atoms with Gasteiger partial charge in [-0.15, -0.1) is 0 Å². The SMILES string of the molecule is O=C(N/N=C(\c1ccccc1)C1CCCCC1)c1cc2ccccc2cc1O. The molecule has 0 saturated heterocycles. The fourth-order valence-electron chi connectivity index (χ4n) is 3.96. The Morgan fingerprint density at radius 2 is 1.54 bits per heavy atom. The summed E-state index contributed by atoms with van der Waals surface area (Å²) in [5.74, 6) is -0.0838. The lowest BCUT2D eigenvalue weighted by Crippen LogP contribution is -2.25. The molecule has 3 aromatic rings. The minimum absolute atomic E-state index is 0.0367. The van der Waals surface area contributed by atoms with Gasteiger partial charge in [-0.05, 0) is 41.3 Å². The van der Waals surface area contributed by atoms with Crippen LogP contribution in [0.5, 0.6) is 5.75 Å². The third-order valence-electron chi connectivity index (χ3n) is 5.45. The molecule has 0 bridgehead atoms. The molecule has 4 nitrogen and oxygen atoms in total. The number of aromatic hydroxyl groups is 1. The summed E-state index contributed by atoms with van der Waals surface area (Å²) < 4.78 is 0. The summed E-state index contributed by atoms with van der Waals surface area (Å²) in [6.45, 7) is 0. The monoisotopic (exact) mass is 372 g/mol. The molecule has 2 N–H and O–H groups in total. The van der Waals surface area contributed by atoms with Crippen molar-refractivity contribution in [2.24, 2.45) is 11.0 Å². The van der Waals surface area contributed by atoms with E-state index in [1.54, 1.807) is 12.1 Å². The van der Waals surface area contributed by atoms with Gasteiger partial charge in [-0.1, -0.05) is 73.9 Å². The van der Waals surface area contributed by atoms with Crippen molar-refractivity contribution < 1.29 is 9.90 Å². The van der Waals surface area contributed by atoms with Gasteiger partial charge in [0.05, 0.1) is 11.3 Å². The van der Waals surface area contributed by atoms with Crippen molar-refractivity contribution in [1.82, 2.24) is 5.43 Å². The molecule has 1 fully saturated rings. The van der Waals surface area contributed by atoms with Crippen molar-refractivity contribution in [3.63, 3.8) is 0 Å². The zero-order valence-electron chi connectivity index (χ0n) is 15.8. The maximum absolute atomic E-state index is 12.7. The molecule has 4 heteroatoms. The summed E-state index contributed by atoms with van der Waals surface area (Å²) in [6.07, 6.45) is 5.82. The maximum Gasteiger partial charge on any atom is 0.275 e. The number of hydrazone groups is 1. The minimum atomic E-state index is -0.396. The normalized spacial score (nSPS) is 15.5.